The van der Waals surface area contributed by atoms with Gasteiger partial charge in [-0.15, -0.1) is 0 Å². The highest BCUT2D eigenvalue weighted by atomic mass is 31.2. The molecule has 0 amide bonds. The zero-order valence-corrected chi connectivity index (χ0v) is 37.8. The Kier molecular flexibility index (Phi) is 37.5. The van der Waals surface area contributed by atoms with Crippen LogP contribution in [0.4, 0.5) is 0 Å². The minimum Gasteiger partial charge on any atom is -0.462 e. The fraction of sp³-hybridized carbons (Fsp3) is 0.826. The fourth-order valence-electron chi connectivity index (χ4n) is 6.08. The van der Waals surface area contributed by atoms with E-state index in [-0.39, 0.29) is 32.0 Å². The number of esters is 2. The summed E-state index contributed by atoms with van der Waals surface area (Å²) in [6.07, 6.45) is 43.3. The second-order valence-corrected chi connectivity index (χ2v) is 17.9. The van der Waals surface area contributed by atoms with E-state index in [1.54, 1.807) is 0 Å². The van der Waals surface area contributed by atoms with Crippen molar-refractivity contribution in [2.75, 3.05) is 47.5 Å². The average molecular weight is 813 g/mol. The number of hydrogen-bond donors (Lipinski definition) is 1. The summed E-state index contributed by atoms with van der Waals surface area (Å²) in [5.41, 5.74) is 0. The van der Waals surface area contributed by atoms with Gasteiger partial charge in [0, 0.05) is 12.8 Å². The topological polar surface area (TPSA) is 108 Å². The van der Waals surface area contributed by atoms with Crippen molar-refractivity contribution in [2.45, 2.75) is 200 Å². The summed E-state index contributed by atoms with van der Waals surface area (Å²) in [5.74, 6) is -0.819. The van der Waals surface area contributed by atoms with Crippen LogP contribution in [0.15, 0.2) is 36.5 Å². The van der Waals surface area contributed by atoms with Gasteiger partial charge in [0.25, 0.3) is 0 Å². The lowest BCUT2D eigenvalue weighted by Gasteiger charge is -2.24. The van der Waals surface area contributed by atoms with E-state index in [9.17, 15) is 19.0 Å². The van der Waals surface area contributed by atoms with Crippen molar-refractivity contribution < 1.29 is 42.1 Å². The van der Waals surface area contributed by atoms with Gasteiger partial charge in [0.2, 0.25) is 0 Å². The van der Waals surface area contributed by atoms with Crippen LogP contribution in [-0.2, 0) is 32.7 Å². The van der Waals surface area contributed by atoms with Crippen molar-refractivity contribution in [3.8, 4) is 0 Å². The number of rotatable bonds is 41. The van der Waals surface area contributed by atoms with E-state index in [2.05, 4.69) is 50.3 Å². The van der Waals surface area contributed by atoms with Crippen LogP contribution in [0.25, 0.3) is 0 Å². The smallest absolute Gasteiger partial charge is 0.462 e. The molecule has 0 aliphatic rings. The third-order valence-corrected chi connectivity index (χ3v) is 10.7. The number of nitrogens with zero attached hydrogens (tertiary/aromatic N) is 1. The minimum atomic E-state index is -4.38. The van der Waals surface area contributed by atoms with Gasteiger partial charge in [-0.25, -0.2) is 4.57 Å². The first-order valence-corrected chi connectivity index (χ1v) is 24.2. The number of phosphoric ester groups is 1. The molecule has 0 saturated carbocycles. The Morgan fingerprint density at radius 2 is 0.964 bits per heavy atom. The molecule has 0 aliphatic heterocycles. The third-order valence-electron chi connectivity index (χ3n) is 9.67. The van der Waals surface area contributed by atoms with Gasteiger partial charge in [0.1, 0.15) is 19.8 Å². The van der Waals surface area contributed by atoms with Crippen LogP contribution < -0.4 is 0 Å². The van der Waals surface area contributed by atoms with Crippen molar-refractivity contribution >= 4 is 19.8 Å². The molecule has 0 heterocycles. The van der Waals surface area contributed by atoms with E-state index in [0.717, 1.165) is 57.8 Å². The first-order valence-electron chi connectivity index (χ1n) is 22.7. The minimum absolute atomic E-state index is 0.0277. The second kappa shape index (κ2) is 38.7. The summed E-state index contributed by atoms with van der Waals surface area (Å²) in [6.45, 7) is 4.38. The molecule has 1 N–H and O–H groups in total. The number of unbranched alkanes of at least 4 members (excludes halogenated alkanes) is 21. The van der Waals surface area contributed by atoms with Crippen LogP contribution in [0.5, 0.6) is 0 Å². The maximum absolute atomic E-state index is 12.7. The van der Waals surface area contributed by atoms with Crippen LogP contribution >= 0.6 is 7.82 Å². The van der Waals surface area contributed by atoms with Crippen molar-refractivity contribution in [1.29, 1.82) is 0 Å². The molecule has 1 unspecified atom stereocenters. The second-order valence-electron chi connectivity index (χ2n) is 16.4. The largest absolute Gasteiger partial charge is 0.472 e. The van der Waals surface area contributed by atoms with Gasteiger partial charge < -0.3 is 18.9 Å². The van der Waals surface area contributed by atoms with Gasteiger partial charge >= 0.3 is 19.8 Å². The Morgan fingerprint density at radius 3 is 1.46 bits per heavy atom. The van der Waals surface area contributed by atoms with Gasteiger partial charge in [-0.1, -0.05) is 166 Å². The molecule has 0 rings (SSSR count). The Morgan fingerprint density at radius 1 is 0.554 bits per heavy atom. The van der Waals surface area contributed by atoms with E-state index < -0.39 is 26.5 Å². The maximum Gasteiger partial charge on any atom is 0.472 e. The normalized spacial score (nSPS) is 13.9. The molecule has 0 radical (unpaired) electrons. The van der Waals surface area contributed by atoms with Gasteiger partial charge in [-0.2, -0.15) is 0 Å². The SMILES string of the molecule is CCCCC/C=C/C/C=C/C/C=C/CCCCCCC(=O)O[C@H](COC(=O)CCCCCCCCCCCCCCCCC)COP(=O)(O)OCC[N+](C)(C)C. The molecule has 0 saturated heterocycles. The van der Waals surface area contributed by atoms with Gasteiger partial charge in [0.05, 0.1) is 27.7 Å². The number of carbonyl (C=O) groups excluding carboxylic acids is 2. The van der Waals surface area contributed by atoms with Crippen molar-refractivity contribution in [2.24, 2.45) is 0 Å². The molecule has 0 fully saturated rings. The van der Waals surface area contributed by atoms with Crippen LogP contribution in [0.1, 0.15) is 194 Å². The Hall–Kier alpha value is -1.77. The van der Waals surface area contributed by atoms with Crippen molar-refractivity contribution in [3.05, 3.63) is 36.5 Å². The third kappa shape index (κ3) is 41.9. The fourth-order valence-corrected chi connectivity index (χ4v) is 6.82. The van der Waals surface area contributed by atoms with E-state index in [1.807, 2.05) is 21.1 Å². The summed E-state index contributed by atoms with van der Waals surface area (Å²) >= 11 is 0. The van der Waals surface area contributed by atoms with E-state index >= 15 is 0 Å². The number of allylic oxidation sites excluding steroid dienone is 6. The zero-order chi connectivity index (χ0) is 41.4. The molecule has 56 heavy (non-hydrogen) atoms. The summed E-state index contributed by atoms with van der Waals surface area (Å²) in [7, 11) is 1.46. The molecule has 9 nitrogen and oxygen atoms in total. The average Bonchev–Trinajstić information content (AvgIpc) is 3.15. The monoisotopic (exact) mass is 813 g/mol. The first kappa shape index (κ1) is 54.2. The van der Waals surface area contributed by atoms with Gasteiger partial charge in [0.15, 0.2) is 6.10 Å². The molecule has 0 aromatic heterocycles. The lowest BCUT2D eigenvalue weighted by Crippen LogP contribution is -2.37. The molecule has 328 valence electrons. The number of likely N-dealkylation sites (N-methyl/N-ethyl adjacent to an activating group) is 1. The number of ether oxygens (including phenoxy) is 2. The summed E-state index contributed by atoms with van der Waals surface area (Å²) < 4.78 is 34.3. The standard InChI is InChI=1S/C46H86NO8P/c1-6-8-10-12-14-16-18-20-22-23-25-27-29-31-33-35-37-39-46(49)55-44(43-54-56(50,51)53-41-40-47(3,4)5)42-52-45(48)38-36-34-32-30-28-26-24-21-19-17-15-13-11-9-7-2/h14,16,20,22,25,27,44H,6-13,15,17-19,21,23-24,26,28-43H2,1-5H3/p+1/b16-14+,22-20+,27-25+/t44-/m1/s1. The number of phosphoric acid groups is 1. The number of carbonyl (C=O) groups is 2. The highest BCUT2D eigenvalue weighted by Gasteiger charge is 2.27. The lowest BCUT2D eigenvalue weighted by molar-refractivity contribution is -0.870. The van der Waals surface area contributed by atoms with E-state index in [1.165, 1.54) is 103 Å². The van der Waals surface area contributed by atoms with Crippen LogP contribution in [0.2, 0.25) is 0 Å². The van der Waals surface area contributed by atoms with Crippen LogP contribution in [-0.4, -0.2) is 74.9 Å². The molecule has 0 aromatic rings. The number of quaternary nitrogens is 1. The van der Waals surface area contributed by atoms with Gasteiger partial charge in [-0.3, -0.25) is 18.6 Å². The molecular weight excluding hydrogens is 725 g/mol. The van der Waals surface area contributed by atoms with Crippen molar-refractivity contribution in [3.63, 3.8) is 0 Å². The number of hydrogen-bond acceptors (Lipinski definition) is 7. The molecule has 0 aromatic carbocycles. The molecule has 10 heteroatoms. The maximum atomic E-state index is 12.7. The van der Waals surface area contributed by atoms with E-state index in [0.29, 0.717) is 17.4 Å². The van der Waals surface area contributed by atoms with Crippen LogP contribution in [0, 0.1) is 0 Å². The molecule has 0 spiro atoms. The highest BCUT2D eigenvalue weighted by molar-refractivity contribution is 7.47. The Labute approximate surface area is 344 Å². The summed E-state index contributed by atoms with van der Waals surface area (Å²) in [6, 6.07) is 0. The Balaban J connectivity index is 4.38. The molecule has 2 atom stereocenters. The molecule has 0 bridgehead atoms. The quantitative estimate of drug-likeness (QED) is 0.0214. The predicted molar refractivity (Wildman–Crippen MR) is 234 cm³/mol. The van der Waals surface area contributed by atoms with Crippen LogP contribution in [0.3, 0.4) is 0 Å². The molecular formula is C46H87NO8P+. The first-order chi connectivity index (χ1) is 27.0. The zero-order valence-electron chi connectivity index (χ0n) is 36.9. The predicted octanol–water partition coefficient (Wildman–Crippen LogP) is 12.9. The van der Waals surface area contributed by atoms with E-state index in [4.69, 9.17) is 18.5 Å². The summed E-state index contributed by atoms with van der Waals surface area (Å²) in [4.78, 5) is 35.4. The van der Waals surface area contributed by atoms with Gasteiger partial charge in [-0.05, 0) is 51.4 Å². The lowest BCUT2D eigenvalue weighted by atomic mass is 10.0. The van der Waals surface area contributed by atoms with Crippen molar-refractivity contribution in [1.82, 2.24) is 0 Å². The molecule has 0 aliphatic carbocycles. The highest BCUT2D eigenvalue weighted by Crippen LogP contribution is 2.43. The Bertz CT molecular complexity index is 1050. The summed E-state index contributed by atoms with van der Waals surface area (Å²) in [5, 5.41) is 0.